The molecule has 2 aromatic rings. The Balaban J connectivity index is 1.56. The van der Waals surface area contributed by atoms with Crippen LogP contribution in [-0.4, -0.2) is 95.6 Å². The van der Waals surface area contributed by atoms with Crippen LogP contribution in [0.15, 0.2) is 42.5 Å². The second-order valence-electron chi connectivity index (χ2n) is 12.6. The Hall–Kier alpha value is -4.76. The number of carbonyl (C=O) groups is 6. The van der Waals surface area contributed by atoms with Crippen molar-refractivity contribution in [2.75, 3.05) is 14.2 Å². The first-order valence-corrected chi connectivity index (χ1v) is 16.1. The SMILES string of the molecule is COC(=O)[C@H](C[C@H]1CC[C@]2(C(=O)OC)[C@H]([C@H](NC(=O)OC(C)(C)C)C(=O)O)OC(=O)N12)NC(=O)c1cc(Cl)c(OCc2ccccc2)c(Cl)c1. The molecule has 0 unspecified atom stereocenters. The van der Waals surface area contributed by atoms with Crippen LogP contribution in [0.4, 0.5) is 9.59 Å². The van der Waals surface area contributed by atoms with Crippen LogP contribution in [0.2, 0.25) is 10.0 Å². The van der Waals surface area contributed by atoms with Gasteiger partial charge < -0.3 is 39.4 Å². The van der Waals surface area contributed by atoms with E-state index in [2.05, 4.69) is 10.6 Å². The van der Waals surface area contributed by atoms with Gasteiger partial charge in [-0.15, -0.1) is 0 Å². The van der Waals surface area contributed by atoms with Crippen molar-refractivity contribution in [1.82, 2.24) is 15.5 Å². The van der Waals surface area contributed by atoms with E-state index in [1.807, 2.05) is 30.3 Å². The van der Waals surface area contributed by atoms with Crippen LogP contribution in [0.25, 0.3) is 0 Å². The maximum atomic E-state index is 13.4. The number of fused-ring (bicyclic) bond motifs is 1. The van der Waals surface area contributed by atoms with Crippen molar-refractivity contribution in [3.05, 3.63) is 63.6 Å². The van der Waals surface area contributed by atoms with Crippen LogP contribution in [0.1, 0.15) is 56.0 Å². The molecule has 0 aliphatic carbocycles. The summed E-state index contributed by atoms with van der Waals surface area (Å²) in [6.45, 7) is 4.85. The van der Waals surface area contributed by atoms with Gasteiger partial charge in [-0.25, -0.2) is 24.0 Å². The summed E-state index contributed by atoms with van der Waals surface area (Å²) in [7, 11) is 2.15. The summed E-state index contributed by atoms with van der Waals surface area (Å²) in [6, 6.07) is 7.59. The average molecular weight is 739 g/mol. The lowest BCUT2D eigenvalue weighted by Crippen LogP contribution is -2.64. The molecule has 4 rings (SSSR count). The molecule has 17 heteroatoms. The normalized spacial score (nSPS) is 20.9. The van der Waals surface area contributed by atoms with Gasteiger partial charge in [0.2, 0.25) is 0 Å². The highest BCUT2D eigenvalue weighted by Crippen LogP contribution is 2.47. The number of hydrogen-bond acceptors (Lipinski definition) is 11. The van der Waals surface area contributed by atoms with Gasteiger partial charge >= 0.3 is 30.1 Å². The van der Waals surface area contributed by atoms with E-state index in [4.69, 9.17) is 46.9 Å². The van der Waals surface area contributed by atoms with E-state index in [0.717, 1.165) is 24.7 Å². The van der Waals surface area contributed by atoms with E-state index >= 15 is 0 Å². The number of alkyl carbamates (subject to hydrolysis) is 1. The molecule has 2 saturated heterocycles. The third-order valence-electron chi connectivity index (χ3n) is 8.11. The van der Waals surface area contributed by atoms with Crippen molar-refractivity contribution >= 4 is 59.2 Å². The molecule has 2 aliphatic heterocycles. The summed E-state index contributed by atoms with van der Waals surface area (Å²) in [5.41, 5.74) is -2.17. The fourth-order valence-electron chi connectivity index (χ4n) is 6.01. The van der Waals surface area contributed by atoms with E-state index in [1.165, 1.54) is 12.1 Å². The van der Waals surface area contributed by atoms with Crippen molar-refractivity contribution in [2.45, 2.75) is 82.0 Å². The molecule has 270 valence electrons. The summed E-state index contributed by atoms with van der Waals surface area (Å²) in [5.74, 6) is -4.13. The van der Waals surface area contributed by atoms with E-state index < -0.39 is 71.4 Å². The van der Waals surface area contributed by atoms with Crippen LogP contribution in [0, 0.1) is 0 Å². The zero-order chi connectivity index (χ0) is 37.0. The number of esters is 2. The van der Waals surface area contributed by atoms with Crippen LogP contribution in [-0.2, 0) is 39.9 Å². The predicted octanol–water partition coefficient (Wildman–Crippen LogP) is 4.11. The molecular formula is C33H37Cl2N3O12. The Kier molecular flexibility index (Phi) is 11.7. The average Bonchev–Trinajstić information content (AvgIpc) is 3.57. The standard InChI is InChI=1S/C33H37Cl2N3O12/c1-32(2,3)50-30(44)37-23(27(40)41)25-33(29(43)47-5)12-11-19(38(33)31(45)49-25)15-22(28(42)46-4)36-26(39)18-13-20(34)24(21(35)14-18)48-16-17-9-7-6-8-10-17/h6-10,13-14,19,22-23,25H,11-12,15-16H2,1-5H3,(H,36,39)(H,37,44)(H,40,41)/t19-,22+,23+,25+,33-/m1/s1. The molecule has 2 aliphatic rings. The number of carboxylic acids is 1. The Bertz CT molecular complexity index is 1630. The van der Waals surface area contributed by atoms with Crippen molar-refractivity contribution in [3.63, 3.8) is 0 Å². The highest BCUT2D eigenvalue weighted by molar-refractivity contribution is 6.37. The molecule has 5 atom stereocenters. The van der Waals surface area contributed by atoms with Crippen molar-refractivity contribution < 1.29 is 57.6 Å². The molecule has 0 bridgehead atoms. The lowest BCUT2D eigenvalue weighted by atomic mass is 9.85. The summed E-state index contributed by atoms with van der Waals surface area (Å²) in [6.07, 6.45) is -4.38. The molecule has 2 fully saturated rings. The van der Waals surface area contributed by atoms with Gasteiger partial charge in [0.15, 0.2) is 23.4 Å². The molecule has 0 aromatic heterocycles. The zero-order valence-corrected chi connectivity index (χ0v) is 29.3. The number of methoxy groups -OCH3 is 2. The Morgan fingerprint density at radius 3 is 2.24 bits per heavy atom. The first-order valence-electron chi connectivity index (χ1n) is 15.4. The van der Waals surface area contributed by atoms with Crippen molar-refractivity contribution in [2.24, 2.45) is 0 Å². The maximum absolute atomic E-state index is 13.4. The Labute approximate surface area is 297 Å². The summed E-state index contributed by atoms with van der Waals surface area (Å²) >= 11 is 12.8. The number of halogens is 2. The van der Waals surface area contributed by atoms with Crippen molar-refractivity contribution in [1.29, 1.82) is 0 Å². The first-order chi connectivity index (χ1) is 23.5. The van der Waals surface area contributed by atoms with Gasteiger partial charge in [0.25, 0.3) is 5.91 Å². The molecule has 0 spiro atoms. The fraction of sp³-hybridized carbons (Fsp3) is 0.455. The third kappa shape index (κ3) is 8.16. The summed E-state index contributed by atoms with van der Waals surface area (Å²) in [4.78, 5) is 79.0. The van der Waals surface area contributed by atoms with Crippen LogP contribution in [0.5, 0.6) is 5.75 Å². The lowest BCUT2D eigenvalue weighted by molar-refractivity contribution is -0.157. The third-order valence-corrected chi connectivity index (χ3v) is 8.68. The predicted molar refractivity (Wildman–Crippen MR) is 176 cm³/mol. The second-order valence-corrected chi connectivity index (χ2v) is 13.4. The van der Waals surface area contributed by atoms with Gasteiger partial charge in [0.1, 0.15) is 18.2 Å². The topological polar surface area (TPSA) is 196 Å². The zero-order valence-electron chi connectivity index (χ0n) is 27.8. The van der Waals surface area contributed by atoms with Crippen LogP contribution >= 0.6 is 23.2 Å². The minimum absolute atomic E-state index is 0.0190. The van der Waals surface area contributed by atoms with E-state index in [9.17, 15) is 33.9 Å². The molecule has 2 aromatic carbocycles. The molecule has 15 nitrogen and oxygen atoms in total. The number of cyclic esters (lactones) is 1. The number of rotatable bonds is 12. The number of aliphatic carboxylic acids is 1. The summed E-state index contributed by atoms with van der Waals surface area (Å²) in [5, 5.41) is 14.8. The number of hydrogen-bond donors (Lipinski definition) is 3. The number of nitrogens with one attached hydrogen (secondary N) is 2. The molecule has 3 amide bonds. The molecule has 0 saturated carbocycles. The maximum Gasteiger partial charge on any atom is 0.411 e. The van der Waals surface area contributed by atoms with Crippen molar-refractivity contribution in [3.8, 4) is 5.75 Å². The molecule has 3 N–H and O–H groups in total. The molecule has 2 heterocycles. The second kappa shape index (κ2) is 15.4. The highest BCUT2D eigenvalue weighted by atomic mass is 35.5. The van der Waals surface area contributed by atoms with E-state index in [-0.39, 0.29) is 47.2 Å². The van der Waals surface area contributed by atoms with Gasteiger partial charge in [-0.2, -0.15) is 0 Å². The molecule has 50 heavy (non-hydrogen) atoms. The number of ether oxygens (including phenoxy) is 5. The van der Waals surface area contributed by atoms with Crippen LogP contribution < -0.4 is 15.4 Å². The van der Waals surface area contributed by atoms with Crippen LogP contribution in [0.3, 0.4) is 0 Å². The molecule has 0 radical (unpaired) electrons. The van der Waals surface area contributed by atoms with Gasteiger partial charge in [0, 0.05) is 11.6 Å². The van der Waals surface area contributed by atoms with Gasteiger partial charge in [-0.1, -0.05) is 53.5 Å². The van der Waals surface area contributed by atoms with E-state index in [0.29, 0.717) is 0 Å². The highest BCUT2D eigenvalue weighted by Gasteiger charge is 2.69. The Morgan fingerprint density at radius 1 is 1.04 bits per heavy atom. The molecular weight excluding hydrogens is 701 g/mol. The minimum Gasteiger partial charge on any atom is -0.486 e. The van der Waals surface area contributed by atoms with E-state index in [1.54, 1.807) is 20.8 Å². The van der Waals surface area contributed by atoms with Gasteiger partial charge in [0.05, 0.1) is 24.3 Å². The lowest BCUT2D eigenvalue weighted by Gasteiger charge is -2.35. The van der Waals surface area contributed by atoms with Gasteiger partial charge in [-0.3, -0.25) is 9.69 Å². The smallest absolute Gasteiger partial charge is 0.411 e. The number of carboxylic acid groups (broad SMARTS) is 1. The first kappa shape index (κ1) is 38.0. The Morgan fingerprint density at radius 2 is 1.68 bits per heavy atom. The monoisotopic (exact) mass is 737 g/mol. The number of nitrogens with zero attached hydrogens (tertiary/aromatic N) is 1. The quantitative estimate of drug-likeness (QED) is 0.209. The summed E-state index contributed by atoms with van der Waals surface area (Å²) < 4.78 is 26.3. The number of carbonyl (C=O) groups excluding carboxylic acids is 5. The fourth-order valence-corrected chi connectivity index (χ4v) is 6.60. The number of benzene rings is 2. The number of amides is 3. The largest absolute Gasteiger partial charge is 0.486 e. The minimum atomic E-state index is -2.02. The van der Waals surface area contributed by atoms with Gasteiger partial charge in [-0.05, 0) is 57.7 Å².